The van der Waals surface area contributed by atoms with Gasteiger partial charge in [0.2, 0.25) is 0 Å². The first-order chi connectivity index (χ1) is 13.6. The van der Waals surface area contributed by atoms with Crippen molar-refractivity contribution in [2.75, 3.05) is 6.54 Å². The highest BCUT2D eigenvalue weighted by Crippen LogP contribution is 2.41. The molecule has 2 aromatic rings. The number of aryl methyl sites for hydroxylation is 1. The van der Waals surface area contributed by atoms with E-state index in [1.165, 1.54) is 16.4 Å². The number of benzene rings is 1. The molecule has 0 spiro atoms. The number of carbonyl (C=O) groups is 1. The second kappa shape index (κ2) is 7.98. The minimum absolute atomic E-state index is 0.00762. The van der Waals surface area contributed by atoms with Gasteiger partial charge in [-0.15, -0.1) is 0 Å². The Morgan fingerprint density at radius 2 is 2.00 bits per heavy atom. The molecule has 1 aromatic heterocycles. The van der Waals surface area contributed by atoms with E-state index >= 15 is 0 Å². The fraction of sp³-hybridized carbons (Fsp3) is 0.381. The molecule has 7 heteroatoms. The lowest BCUT2D eigenvalue weighted by Crippen LogP contribution is -2.36. The van der Waals surface area contributed by atoms with Crippen molar-refractivity contribution < 1.29 is 9.90 Å². The molecule has 7 nitrogen and oxygen atoms in total. The molecular formula is C21H24N4O3. The molecule has 3 heterocycles. The number of aromatic nitrogens is 2. The van der Waals surface area contributed by atoms with Crippen molar-refractivity contribution >= 4 is 11.5 Å². The van der Waals surface area contributed by atoms with E-state index in [4.69, 9.17) is 5.11 Å². The quantitative estimate of drug-likeness (QED) is 0.801. The normalized spacial score (nSPS) is 19.0. The van der Waals surface area contributed by atoms with Crippen molar-refractivity contribution in [3.8, 4) is 0 Å². The topological polar surface area (TPSA) is 87.5 Å². The lowest BCUT2D eigenvalue weighted by molar-refractivity contribution is -0.137. The summed E-state index contributed by atoms with van der Waals surface area (Å²) in [7, 11) is 0. The van der Waals surface area contributed by atoms with Gasteiger partial charge in [-0.05, 0) is 37.3 Å². The molecule has 4 rings (SSSR count). The third kappa shape index (κ3) is 3.71. The van der Waals surface area contributed by atoms with E-state index in [0.717, 1.165) is 42.6 Å². The maximum absolute atomic E-state index is 12.2. The summed E-state index contributed by atoms with van der Waals surface area (Å²) >= 11 is 0. The lowest BCUT2D eigenvalue weighted by Gasteiger charge is -2.27. The average molecular weight is 380 g/mol. The van der Waals surface area contributed by atoms with Gasteiger partial charge < -0.3 is 10.1 Å². The summed E-state index contributed by atoms with van der Waals surface area (Å²) in [5.41, 5.74) is 7.68. The Bertz CT molecular complexity index is 952. The van der Waals surface area contributed by atoms with Crippen LogP contribution in [-0.4, -0.2) is 32.4 Å². The van der Waals surface area contributed by atoms with Crippen LogP contribution in [0, 0.1) is 0 Å². The van der Waals surface area contributed by atoms with Gasteiger partial charge in [0.1, 0.15) is 0 Å². The van der Waals surface area contributed by atoms with Crippen LogP contribution in [0.2, 0.25) is 0 Å². The van der Waals surface area contributed by atoms with Crippen LogP contribution < -0.4 is 11.0 Å². The predicted molar refractivity (Wildman–Crippen MR) is 105 cm³/mol. The molecule has 0 aliphatic carbocycles. The molecule has 28 heavy (non-hydrogen) atoms. The zero-order valence-corrected chi connectivity index (χ0v) is 15.7. The predicted octanol–water partition coefficient (Wildman–Crippen LogP) is 2.56. The highest BCUT2D eigenvalue weighted by Gasteiger charge is 2.35. The van der Waals surface area contributed by atoms with Crippen molar-refractivity contribution in [1.29, 1.82) is 0 Å². The molecule has 1 fully saturated rings. The van der Waals surface area contributed by atoms with Gasteiger partial charge in [0.25, 0.3) is 5.56 Å². The summed E-state index contributed by atoms with van der Waals surface area (Å²) in [5, 5.41) is 15.7. The molecule has 146 valence electrons. The summed E-state index contributed by atoms with van der Waals surface area (Å²) in [6, 6.07) is 13.6. The molecule has 1 atom stereocenters. The van der Waals surface area contributed by atoms with E-state index in [2.05, 4.69) is 27.7 Å². The fourth-order valence-electron chi connectivity index (χ4n) is 3.96. The third-order valence-corrected chi connectivity index (χ3v) is 5.29. The van der Waals surface area contributed by atoms with Gasteiger partial charge in [0, 0.05) is 36.8 Å². The number of rotatable bonds is 6. The van der Waals surface area contributed by atoms with Crippen molar-refractivity contribution in [3.63, 3.8) is 0 Å². The SMILES string of the molecule is O=C(O)CCCn1nc(C2=C3CCCCN3NC2c2ccccc2)ccc1=O. The first-order valence-corrected chi connectivity index (χ1v) is 9.75. The number of hydrogen-bond acceptors (Lipinski definition) is 5. The molecule has 1 unspecified atom stereocenters. The first kappa shape index (κ1) is 18.4. The van der Waals surface area contributed by atoms with E-state index in [9.17, 15) is 9.59 Å². The van der Waals surface area contributed by atoms with Crippen LogP contribution >= 0.6 is 0 Å². The molecule has 0 radical (unpaired) electrons. The second-order valence-corrected chi connectivity index (χ2v) is 7.22. The van der Waals surface area contributed by atoms with Gasteiger partial charge in [0.05, 0.1) is 11.7 Å². The standard InChI is InChI=1S/C21H24N4O3/c26-18-12-11-16(22-25(18)14-6-10-19(27)28)20-17-9-4-5-13-24(17)23-21(20)15-7-2-1-3-8-15/h1-3,7-8,11-12,21,23H,4-6,9-10,13-14H2,(H,27,28). The van der Waals surface area contributed by atoms with Crippen molar-refractivity contribution in [2.45, 2.75) is 44.7 Å². The van der Waals surface area contributed by atoms with E-state index < -0.39 is 5.97 Å². The highest BCUT2D eigenvalue weighted by atomic mass is 16.4. The number of nitrogens with zero attached hydrogens (tertiary/aromatic N) is 3. The van der Waals surface area contributed by atoms with Crippen LogP contribution in [0.4, 0.5) is 0 Å². The molecule has 2 aliphatic heterocycles. The number of nitrogens with one attached hydrogen (secondary N) is 1. The summed E-state index contributed by atoms with van der Waals surface area (Å²) in [6.45, 7) is 1.26. The smallest absolute Gasteiger partial charge is 0.303 e. The summed E-state index contributed by atoms with van der Waals surface area (Å²) in [4.78, 5) is 23.0. The number of piperidine rings is 1. The number of carboxylic acid groups (broad SMARTS) is 1. The van der Waals surface area contributed by atoms with E-state index in [1.54, 1.807) is 6.07 Å². The fourth-order valence-corrected chi connectivity index (χ4v) is 3.96. The van der Waals surface area contributed by atoms with Crippen LogP contribution in [0.1, 0.15) is 49.4 Å². The molecule has 0 amide bonds. The number of fused-ring (bicyclic) bond motifs is 1. The maximum atomic E-state index is 12.2. The van der Waals surface area contributed by atoms with E-state index in [-0.39, 0.29) is 18.0 Å². The number of aliphatic carboxylic acids is 1. The van der Waals surface area contributed by atoms with Gasteiger partial charge in [-0.2, -0.15) is 5.10 Å². The average Bonchev–Trinajstić information content (AvgIpc) is 3.09. The molecule has 1 saturated heterocycles. The number of allylic oxidation sites excluding steroid dienone is 1. The van der Waals surface area contributed by atoms with Gasteiger partial charge in [0.15, 0.2) is 0 Å². The largest absolute Gasteiger partial charge is 0.481 e. The van der Waals surface area contributed by atoms with Crippen LogP contribution in [0.5, 0.6) is 0 Å². The highest BCUT2D eigenvalue weighted by molar-refractivity contribution is 5.73. The molecule has 2 aliphatic rings. The number of hydrazine groups is 1. The third-order valence-electron chi connectivity index (χ3n) is 5.29. The summed E-state index contributed by atoms with van der Waals surface area (Å²) < 4.78 is 1.39. The van der Waals surface area contributed by atoms with Gasteiger partial charge in [-0.3, -0.25) is 9.59 Å². The van der Waals surface area contributed by atoms with E-state index in [1.807, 2.05) is 18.2 Å². The zero-order valence-electron chi connectivity index (χ0n) is 15.7. The zero-order chi connectivity index (χ0) is 19.5. The maximum Gasteiger partial charge on any atom is 0.303 e. The van der Waals surface area contributed by atoms with Crippen molar-refractivity contribution in [3.05, 3.63) is 69.8 Å². The van der Waals surface area contributed by atoms with Crippen molar-refractivity contribution in [1.82, 2.24) is 20.2 Å². The Kier molecular flexibility index (Phi) is 5.25. The second-order valence-electron chi connectivity index (χ2n) is 7.22. The van der Waals surface area contributed by atoms with E-state index in [0.29, 0.717) is 13.0 Å². The minimum Gasteiger partial charge on any atom is -0.481 e. The number of hydrogen-bond donors (Lipinski definition) is 2. The molecule has 1 aromatic carbocycles. The first-order valence-electron chi connectivity index (χ1n) is 9.75. The lowest BCUT2D eigenvalue weighted by atomic mass is 9.94. The summed E-state index contributed by atoms with van der Waals surface area (Å²) in [6.07, 6.45) is 3.66. The molecule has 2 N–H and O–H groups in total. The van der Waals surface area contributed by atoms with Crippen LogP contribution in [0.15, 0.2) is 53.0 Å². The Morgan fingerprint density at radius 3 is 2.79 bits per heavy atom. The van der Waals surface area contributed by atoms with Gasteiger partial charge in [-0.25, -0.2) is 10.1 Å². The summed E-state index contributed by atoms with van der Waals surface area (Å²) in [5.74, 6) is -0.865. The monoisotopic (exact) mass is 380 g/mol. The molecular weight excluding hydrogens is 356 g/mol. The van der Waals surface area contributed by atoms with Gasteiger partial charge in [-0.1, -0.05) is 30.3 Å². The van der Waals surface area contributed by atoms with Crippen LogP contribution in [0.25, 0.3) is 5.57 Å². The number of carboxylic acids is 1. The minimum atomic E-state index is -0.865. The Morgan fingerprint density at radius 1 is 1.18 bits per heavy atom. The molecule has 0 bridgehead atoms. The van der Waals surface area contributed by atoms with Gasteiger partial charge >= 0.3 is 5.97 Å². The van der Waals surface area contributed by atoms with Crippen LogP contribution in [-0.2, 0) is 11.3 Å². The Balaban J connectivity index is 1.71. The van der Waals surface area contributed by atoms with Crippen molar-refractivity contribution in [2.24, 2.45) is 0 Å². The Labute approximate surface area is 163 Å². The van der Waals surface area contributed by atoms with Crippen LogP contribution in [0.3, 0.4) is 0 Å². The molecule has 0 saturated carbocycles. The Hall–Kier alpha value is -2.93.